The van der Waals surface area contributed by atoms with Gasteiger partial charge in [-0.1, -0.05) is 6.92 Å². The second-order valence-corrected chi connectivity index (χ2v) is 9.78. The van der Waals surface area contributed by atoms with Crippen LogP contribution >= 0.6 is 10.3 Å². The first-order valence-corrected chi connectivity index (χ1v) is 8.45. The minimum absolute atomic E-state index is 0.153. The van der Waals surface area contributed by atoms with Gasteiger partial charge in [0.05, 0.1) is 19.3 Å². The molecule has 0 aromatic heterocycles. The Labute approximate surface area is 99.6 Å². The van der Waals surface area contributed by atoms with E-state index in [0.717, 1.165) is 26.1 Å². The Hall–Kier alpha value is -0.240. The van der Waals surface area contributed by atoms with Crippen molar-refractivity contribution in [2.75, 3.05) is 32.0 Å². The summed E-state index contributed by atoms with van der Waals surface area (Å²) in [4.78, 5) is 0. The van der Waals surface area contributed by atoms with E-state index in [1.54, 1.807) is 0 Å². The first kappa shape index (κ1) is 12.2. The highest BCUT2D eigenvalue weighted by molar-refractivity contribution is 8.28. The van der Waals surface area contributed by atoms with E-state index in [0.29, 0.717) is 5.92 Å². The second-order valence-electron chi connectivity index (χ2n) is 6.16. The van der Waals surface area contributed by atoms with Crippen molar-refractivity contribution in [3.8, 4) is 6.07 Å². The lowest BCUT2D eigenvalue weighted by Crippen LogP contribution is -2.31. The summed E-state index contributed by atoms with van der Waals surface area (Å²) in [6.07, 6.45) is 7.95. The van der Waals surface area contributed by atoms with E-state index >= 15 is 0 Å². The summed E-state index contributed by atoms with van der Waals surface area (Å²) in [5, 5.41) is 9.45. The third kappa shape index (κ3) is 2.09. The molecule has 3 atom stereocenters. The van der Waals surface area contributed by atoms with Crippen molar-refractivity contribution in [2.45, 2.75) is 25.4 Å². The van der Waals surface area contributed by atoms with E-state index in [1.165, 1.54) is 0 Å². The molecule has 0 N–H and O–H groups in total. The van der Waals surface area contributed by atoms with Crippen LogP contribution in [-0.4, -0.2) is 37.6 Å². The minimum atomic E-state index is -1.10. The van der Waals surface area contributed by atoms with Gasteiger partial charge < -0.3 is 8.92 Å². The van der Waals surface area contributed by atoms with Crippen molar-refractivity contribution < 1.29 is 8.92 Å². The van der Waals surface area contributed by atoms with Crippen LogP contribution < -0.4 is 0 Å². The molecule has 0 amide bonds. The highest BCUT2D eigenvalue weighted by Gasteiger charge is 2.57. The van der Waals surface area contributed by atoms with Gasteiger partial charge in [0.15, 0.2) is 5.60 Å². The molecule has 2 rings (SSSR count). The predicted molar refractivity (Wildman–Crippen MR) is 66.4 cm³/mol. The average Bonchev–Trinajstić information content (AvgIpc) is 2.54. The molecule has 16 heavy (non-hydrogen) atoms. The number of nitriles is 1. The zero-order valence-electron chi connectivity index (χ0n) is 10.6. The van der Waals surface area contributed by atoms with Crippen molar-refractivity contribution in [2.24, 2.45) is 11.3 Å². The quantitative estimate of drug-likeness (QED) is 0.747. The summed E-state index contributed by atoms with van der Waals surface area (Å²) >= 11 is 0. The molecule has 4 heteroatoms. The van der Waals surface area contributed by atoms with Gasteiger partial charge in [-0.05, 0) is 42.9 Å². The van der Waals surface area contributed by atoms with Crippen LogP contribution in [0.15, 0.2) is 0 Å². The van der Waals surface area contributed by atoms with E-state index in [-0.39, 0.29) is 5.41 Å². The van der Waals surface area contributed by atoms with Gasteiger partial charge in [0.1, 0.15) is 0 Å². The highest BCUT2D eigenvalue weighted by Crippen LogP contribution is 2.57. The largest absolute Gasteiger partial charge is 0.381 e. The summed E-state index contributed by atoms with van der Waals surface area (Å²) in [6.45, 7) is 3.80. The lowest BCUT2D eigenvalue weighted by molar-refractivity contribution is 0.0941. The molecule has 92 valence electrons. The number of fused-ring (bicyclic) bond motifs is 1. The van der Waals surface area contributed by atoms with Gasteiger partial charge in [-0.15, -0.1) is 10.3 Å². The molecule has 0 aromatic rings. The Bertz CT molecular complexity index is 333. The van der Waals surface area contributed by atoms with E-state index in [4.69, 9.17) is 8.92 Å². The van der Waals surface area contributed by atoms with E-state index in [9.17, 15) is 5.26 Å². The SMILES string of the molecule is C[C@]12COC[C@H]1CC(C#N)(OS(C)(C)C)C2. The number of hydrogen-bond acceptors (Lipinski definition) is 3. The van der Waals surface area contributed by atoms with Crippen molar-refractivity contribution in [3.63, 3.8) is 0 Å². The molecule has 1 heterocycles. The van der Waals surface area contributed by atoms with Crippen LogP contribution in [-0.2, 0) is 8.92 Å². The number of ether oxygens (including phenoxy) is 1. The minimum Gasteiger partial charge on any atom is -0.381 e. The van der Waals surface area contributed by atoms with Gasteiger partial charge in [-0.2, -0.15) is 5.26 Å². The van der Waals surface area contributed by atoms with Crippen LogP contribution in [0.5, 0.6) is 0 Å². The van der Waals surface area contributed by atoms with Gasteiger partial charge in [-0.25, -0.2) is 0 Å². The summed E-state index contributed by atoms with van der Waals surface area (Å²) in [6, 6.07) is 2.43. The van der Waals surface area contributed by atoms with E-state index in [1.807, 2.05) is 0 Å². The molecule has 1 saturated heterocycles. The molecule has 0 spiro atoms. The molecule has 2 aliphatic rings. The molecular weight excluding hydrogens is 222 g/mol. The van der Waals surface area contributed by atoms with Crippen molar-refractivity contribution in [1.82, 2.24) is 0 Å². The maximum Gasteiger partial charge on any atom is 0.167 e. The molecule has 1 saturated carbocycles. The van der Waals surface area contributed by atoms with Crippen molar-refractivity contribution in [3.05, 3.63) is 0 Å². The third-order valence-corrected chi connectivity index (χ3v) is 4.43. The Morgan fingerprint density at radius 2 is 2.12 bits per heavy atom. The molecule has 1 aliphatic heterocycles. The summed E-state index contributed by atoms with van der Waals surface area (Å²) < 4.78 is 11.6. The van der Waals surface area contributed by atoms with Crippen LogP contribution in [0.25, 0.3) is 0 Å². The molecule has 3 nitrogen and oxygen atoms in total. The first-order chi connectivity index (χ1) is 7.29. The molecule has 1 unspecified atom stereocenters. The van der Waals surface area contributed by atoms with Gasteiger partial charge in [0.25, 0.3) is 0 Å². The Balaban J connectivity index is 2.18. The van der Waals surface area contributed by atoms with Crippen molar-refractivity contribution in [1.29, 1.82) is 5.26 Å². The van der Waals surface area contributed by atoms with Crippen LogP contribution in [0.1, 0.15) is 19.8 Å². The zero-order chi connectivity index (χ0) is 12.0. The summed E-state index contributed by atoms with van der Waals surface area (Å²) in [5.41, 5.74) is -0.406. The van der Waals surface area contributed by atoms with Crippen LogP contribution in [0, 0.1) is 22.7 Å². The standard InChI is InChI=1S/C12H21NO2S/c1-11-7-12(8-13,15-16(2,3)4)5-10(11)6-14-9-11/h10H,5-7,9H2,1-4H3/t10-,11+,12?/m1/s1. The fourth-order valence-electron chi connectivity index (χ4n) is 3.02. The van der Waals surface area contributed by atoms with Gasteiger partial charge in [0.2, 0.25) is 0 Å². The maximum atomic E-state index is 9.45. The number of hydrogen-bond donors (Lipinski definition) is 0. The normalized spacial score (nSPS) is 44.1. The van der Waals surface area contributed by atoms with Crippen LogP contribution in [0.3, 0.4) is 0 Å². The number of nitrogens with zero attached hydrogens (tertiary/aromatic N) is 1. The van der Waals surface area contributed by atoms with Crippen LogP contribution in [0.4, 0.5) is 0 Å². The summed E-state index contributed by atoms with van der Waals surface area (Å²) in [7, 11) is -1.10. The van der Waals surface area contributed by atoms with Crippen molar-refractivity contribution >= 4 is 10.3 Å². The third-order valence-electron chi connectivity index (χ3n) is 3.62. The van der Waals surface area contributed by atoms with Gasteiger partial charge in [0, 0.05) is 0 Å². The molecule has 1 aliphatic carbocycles. The molecular formula is C12H21NO2S. The topological polar surface area (TPSA) is 42.2 Å². The predicted octanol–water partition coefficient (Wildman–Crippen LogP) is 2.32. The lowest BCUT2D eigenvalue weighted by atomic mass is 9.83. The molecule has 0 radical (unpaired) electrons. The second kappa shape index (κ2) is 3.63. The fourth-order valence-corrected chi connectivity index (χ4v) is 4.14. The van der Waals surface area contributed by atoms with E-state index < -0.39 is 15.9 Å². The zero-order valence-corrected chi connectivity index (χ0v) is 11.4. The molecule has 0 bridgehead atoms. The first-order valence-electron chi connectivity index (χ1n) is 5.67. The number of rotatable bonds is 2. The van der Waals surface area contributed by atoms with Crippen LogP contribution in [0.2, 0.25) is 0 Å². The Morgan fingerprint density at radius 1 is 1.44 bits per heavy atom. The monoisotopic (exact) mass is 243 g/mol. The van der Waals surface area contributed by atoms with Gasteiger partial charge >= 0.3 is 0 Å². The highest BCUT2D eigenvalue weighted by atomic mass is 32.3. The van der Waals surface area contributed by atoms with E-state index in [2.05, 4.69) is 31.8 Å². The maximum absolute atomic E-state index is 9.45. The summed E-state index contributed by atoms with van der Waals surface area (Å²) in [5.74, 6) is 0.494. The average molecular weight is 243 g/mol. The Kier molecular flexibility index (Phi) is 2.77. The molecule has 2 fully saturated rings. The Morgan fingerprint density at radius 3 is 2.62 bits per heavy atom. The lowest BCUT2D eigenvalue weighted by Gasteiger charge is -2.35. The molecule has 0 aromatic carbocycles. The van der Waals surface area contributed by atoms with Gasteiger partial charge in [-0.3, -0.25) is 0 Å². The smallest absolute Gasteiger partial charge is 0.167 e. The fraction of sp³-hybridized carbons (Fsp3) is 0.917.